The van der Waals surface area contributed by atoms with E-state index in [2.05, 4.69) is 15.6 Å². The molecule has 0 fully saturated rings. The van der Waals surface area contributed by atoms with Gasteiger partial charge in [0.05, 0.1) is 18.7 Å². The van der Waals surface area contributed by atoms with E-state index >= 15 is 0 Å². The van der Waals surface area contributed by atoms with Crippen LogP contribution in [-0.2, 0) is 9.59 Å². The number of thiazole rings is 1. The quantitative estimate of drug-likeness (QED) is 0.643. The van der Waals surface area contributed by atoms with Gasteiger partial charge >= 0.3 is 0 Å². The molecule has 7 heteroatoms. The molecule has 2 aromatic carbocycles. The molecular weight excluding hydrogens is 362 g/mol. The van der Waals surface area contributed by atoms with Crippen LogP contribution in [0.5, 0.6) is 5.75 Å². The zero-order valence-corrected chi connectivity index (χ0v) is 15.6. The lowest BCUT2D eigenvalue weighted by Crippen LogP contribution is -2.15. The average Bonchev–Trinajstić information content (AvgIpc) is 3.11. The summed E-state index contributed by atoms with van der Waals surface area (Å²) in [6.07, 6.45) is 0.245. The minimum absolute atomic E-state index is 0.113. The van der Waals surface area contributed by atoms with Gasteiger partial charge in [-0.3, -0.25) is 9.59 Å². The summed E-state index contributed by atoms with van der Waals surface area (Å²) in [5.74, 6) is 0.482. The topological polar surface area (TPSA) is 80.3 Å². The Labute approximate surface area is 161 Å². The highest BCUT2D eigenvalue weighted by Gasteiger charge is 2.09. The van der Waals surface area contributed by atoms with Crippen molar-refractivity contribution in [2.45, 2.75) is 13.3 Å². The van der Waals surface area contributed by atoms with Crippen molar-refractivity contribution < 1.29 is 14.3 Å². The Bertz CT molecular complexity index is 908. The first-order chi connectivity index (χ1) is 13.1. The Morgan fingerprint density at radius 2 is 1.78 bits per heavy atom. The van der Waals surface area contributed by atoms with Crippen LogP contribution in [0.25, 0.3) is 11.3 Å². The highest BCUT2D eigenvalue weighted by atomic mass is 32.1. The Morgan fingerprint density at radius 1 is 1.04 bits per heavy atom. The van der Waals surface area contributed by atoms with Crippen molar-refractivity contribution in [1.82, 2.24) is 4.98 Å². The molecule has 0 atom stereocenters. The molecule has 0 unspecified atom stereocenters. The highest BCUT2D eigenvalue weighted by Crippen LogP contribution is 2.26. The average molecular weight is 381 g/mol. The number of carbonyl (C=O) groups excluding carboxylic acids is 2. The fourth-order valence-corrected chi connectivity index (χ4v) is 3.09. The van der Waals surface area contributed by atoms with Gasteiger partial charge in [0.2, 0.25) is 11.8 Å². The number of ether oxygens (including phenoxy) is 1. The second-order valence-corrected chi connectivity index (χ2v) is 6.61. The summed E-state index contributed by atoms with van der Waals surface area (Å²) >= 11 is 1.36. The van der Waals surface area contributed by atoms with Crippen LogP contribution in [0.2, 0.25) is 0 Å². The van der Waals surface area contributed by atoms with E-state index in [0.29, 0.717) is 11.7 Å². The smallest absolute Gasteiger partial charge is 0.229 e. The molecular formula is C20H19N3O3S. The minimum Gasteiger partial charge on any atom is -0.493 e. The summed E-state index contributed by atoms with van der Waals surface area (Å²) in [4.78, 5) is 27.5. The number of para-hydroxylation sites is 1. The third-order valence-corrected chi connectivity index (χ3v) is 4.35. The van der Waals surface area contributed by atoms with Crippen molar-refractivity contribution >= 4 is 34.0 Å². The van der Waals surface area contributed by atoms with Crippen molar-refractivity contribution in [3.63, 3.8) is 0 Å². The Balaban J connectivity index is 1.51. The molecule has 0 saturated heterocycles. The minimum atomic E-state index is -0.146. The number of amides is 2. The lowest BCUT2D eigenvalue weighted by atomic mass is 10.1. The van der Waals surface area contributed by atoms with Gasteiger partial charge in [-0.05, 0) is 24.3 Å². The van der Waals surface area contributed by atoms with E-state index in [0.717, 1.165) is 22.7 Å². The molecule has 0 aliphatic heterocycles. The van der Waals surface area contributed by atoms with Gasteiger partial charge in [0.25, 0.3) is 0 Å². The molecule has 0 aliphatic rings. The summed E-state index contributed by atoms with van der Waals surface area (Å²) in [6.45, 7) is 1.77. The monoisotopic (exact) mass is 381 g/mol. The zero-order chi connectivity index (χ0) is 19.1. The van der Waals surface area contributed by atoms with Crippen molar-refractivity contribution in [2.24, 2.45) is 0 Å². The second kappa shape index (κ2) is 8.95. The van der Waals surface area contributed by atoms with Crippen LogP contribution in [0.15, 0.2) is 60.0 Å². The Morgan fingerprint density at radius 3 is 2.48 bits per heavy atom. The Hall–Kier alpha value is -3.19. The van der Waals surface area contributed by atoms with E-state index in [4.69, 9.17) is 4.74 Å². The lowest BCUT2D eigenvalue weighted by Gasteiger charge is -2.05. The molecule has 0 saturated carbocycles. The van der Waals surface area contributed by atoms with Crippen molar-refractivity contribution in [1.29, 1.82) is 0 Å². The van der Waals surface area contributed by atoms with Crippen molar-refractivity contribution in [2.75, 3.05) is 17.2 Å². The number of aromatic nitrogens is 1. The fourth-order valence-electron chi connectivity index (χ4n) is 2.35. The molecule has 0 aliphatic carbocycles. The maximum Gasteiger partial charge on any atom is 0.229 e. The number of benzene rings is 2. The molecule has 2 amide bonds. The molecule has 2 N–H and O–H groups in total. The van der Waals surface area contributed by atoms with E-state index in [1.54, 1.807) is 0 Å². The molecule has 6 nitrogen and oxygen atoms in total. The van der Waals surface area contributed by atoms with E-state index in [1.165, 1.54) is 18.3 Å². The van der Waals surface area contributed by atoms with Gasteiger partial charge in [-0.15, -0.1) is 11.3 Å². The molecule has 0 radical (unpaired) electrons. The van der Waals surface area contributed by atoms with Crippen LogP contribution in [0, 0.1) is 0 Å². The molecule has 138 valence electrons. The van der Waals surface area contributed by atoms with E-state index in [1.807, 2.05) is 60.0 Å². The standard InChI is InChI=1S/C20H19N3O3S/c1-14(24)21-16-9-7-15(8-10-16)18-13-27-20(22-18)23-19(25)11-12-26-17-5-3-2-4-6-17/h2-10,13H,11-12H2,1H3,(H,21,24)(H,22,23,25). The van der Waals surface area contributed by atoms with Crippen LogP contribution in [0.4, 0.5) is 10.8 Å². The van der Waals surface area contributed by atoms with Crippen molar-refractivity contribution in [3.8, 4) is 17.0 Å². The highest BCUT2D eigenvalue weighted by molar-refractivity contribution is 7.14. The molecule has 27 heavy (non-hydrogen) atoms. The van der Waals surface area contributed by atoms with Gasteiger partial charge in [0.1, 0.15) is 5.75 Å². The summed E-state index contributed by atoms with van der Waals surface area (Å²) in [5, 5.41) is 7.93. The van der Waals surface area contributed by atoms with Crippen molar-refractivity contribution in [3.05, 3.63) is 60.0 Å². The number of hydrogen-bond donors (Lipinski definition) is 2. The maximum absolute atomic E-state index is 12.0. The van der Waals surface area contributed by atoms with Gasteiger partial charge in [-0.2, -0.15) is 0 Å². The second-order valence-electron chi connectivity index (χ2n) is 5.76. The number of nitrogens with one attached hydrogen (secondary N) is 2. The number of carbonyl (C=O) groups is 2. The van der Waals surface area contributed by atoms with Crippen LogP contribution >= 0.6 is 11.3 Å². The third kappa shape index (κ3) is 5.65. The summed E-state index contributed by atoms with van der Waals surface area (Å²) in [6, 6.07) is 16.8. The number of rotatable bonds is 7. The molecule has 0 spiro atoms. The molecule has 0 bridgehead atoms. The number of anilines is 2. The zero-order valence-electron chi connectivity index (χ0n) is 14.8. The lowest BCUT2D eigenvalue weighted by molar-refractivity contribution is -0.116. The summed E-state index contributed by atoms with van der Waals surface area (Å²) in [7, 11) is 0. The first kappa shape index (κ1) is 18.6. The molecule has 1 heterocycles. The first-order valence-electron chi connectivity index (χ1n) is 8.41. The third-order valence-electron chi connectivity index (χ3n) is 3.59. The van der Waals surface area contributed by atoms with Gasteiger partial charge in [0.15, 0.2) is 5.13 Å². The SMILES string of the molecule is CC(=O)Nc1ccc(-c2csc(NC(=O)CCOc3ccccc3)n2)cc1. The normalized spacial score (nSPS) is 10.3. The van der Waals surface area contributed by atoms with Gasteiger partial charge in [-0.1, -0.05) is 30.3 Å². The Kier molecular flexibility index (Phi) is 6.17. The first-order valence-corrected chi connectivity index (χ1v) is 9.29. The van der Waals surface area contributed by atoms with Crippen LogP contribution < -0.4 is 15.4 Å². The van der Waals surface area contributed by atoms with Gasteiger partial charge in [0, 0.05) is 23.6 Å². The molecule has 3 aromatic rings. The molecule has 3 rings (SSSR count). The fraction of sp³-hybridized carbons (Fsp3) is 0.150. The summed E-state index contributed by atoms with van der Waals surface area (Å²) < 4.78 is 5.52. The van der Waals surface area contributed by atoms with E-state index in [9.17, 15) is 9.59 Å². The summed E-state index contributed by atoms with van der Waals surface area (Å²) in [5.41, 5.74) is 2.41. The largest absolute Gasteiger partial charge is 0.493 e. The number of nitrogens with zero attached hydrogens (tertiary/aromatic N) is 1. The maximum atomic E-state index is 12.0. The van der Waals surface area contributed by atoms with Crippen LogP contribution in [0.3, 0.4) is 0 Å². The number of hydrogen-bond acceptors (Lipinski definition) is 5. The molecule has 1 aromatic heterocycles. The van der Waals surface area contributed by atoms with E-state index in [-0.39, 0.29) is 18.2 Å². The van der Waals surface area contributed by atoms with Gasteiger partial charge < -0.3 is 15.4 Å². The van der Waals surface area contributed by atoms with Crippen LogP contribution in [0.1, 0.15) is 13.3 Å². The predicted molar refractivity (Wildman–Crippen MR) is 107 cm³/mol. The predicted octanol–water partition coefficient (Wildman–Crippen LogP) is 4.18. The van der Waals surface area contributed by atoms with E-state index < -0.39 is 0 Å². The van der Waals surface area contributed by atoms with Crippen LogP contribution in [-0.4, -0.2) is 23.4 Å². The van der Waals surface area contributed by atoms with Gasteiger partial charge in [-0.25, -0.2) is 4.98 Å².